The van der Waals surface area contributed by atoms with Gasteiger partial charge in [0.1, 0.15) is 12.6 Å². The minimum atomic E-state index is -1.11. The maximum atomic E-state index is 12.6. The highest BCUT2D eigenvalue weighted by atomic mass is 35.5. The number of carbonyl (C=O) groups excluding carboxylic acids is 2. The summed E-state index contributed by atoms with van der Waals surface area (Å²) < 4.78 is 0. The Bertz CT molecular complexity index is 957. The highest BCUT2D eigenvalue weighted by Gasteiger charge is 2.44. The molecule has 0 bridgehead atoms. The summed E-state index contributed by atoms with van der Waals surface area (Å²) in [6.45, 7) is -0.459. The molecule has 0 saturated carbocycles. The number of carbonyl (C=O) groups is 3. The SMILES string of the molecule is O=C(O)CNC(=O)[C@@H]1Cc2cc(-c3ccc(Cl)cc3)ccc2[C@H]2CCC(=O)N21. The molecule has 1 fully saturated rings. The Hall–Kier alpha value is -2.86. The maximum Gasteiger partial charge on any atom is 0.322 e. The third-order valence-electron chi connectivity index (χ3n) is 5.40. The van der Waals surface area contributed by atoms with Crippen molar-refractivity contribution in [2.75, 3.05) is 6.54 Å². The first-order valence-electron chi connectivity index (χ1n) is 9.13. The summed E-state index contributed by atoms with van der Waals surface area (Å²) in [6, 6.07) is 12.8. The van der Waals surface area contributed by atoms with Crippen LogP contribution in [0.3, 0.4) is 0 Å². The van der Waals surface area contributed by atoms with Crippen LogP contribution >= 0.6 is 11.6 Å². The van der Waals surface area contributed by atoms with Gasteiger partial charge in [0, 0.05) is 17.9 Å². The van der Waals surface area contributed by atoms with Gasteiger partial charge in [-0.15, -0.1) is 0 Å². The molecule has 0 radical (unpaired) electrons. The van der Waals surface area contributed by atoms with Crippen molar-refractivity contribution in [3.63, 3.8) is 0 Å². The zero-order valence-corrected chi connectivity index (χ0v) is 15.8. The molecule has 2 aromatic rings. The summed E-state index contributed by atoms with van der Waals surface area (Å²) in [5.41, 5.74) is 4.10. The Labute approximate surface area is 167 Å². The van der Waals surface area contributed by atoms with E-state index in [0.29, 0.717) is 24.3 Å². The molecule has 28 heavy (non-hydrogen) atoms. The lowest BCUT2D eigenvalue weighted by molar-refractivity contribution is -0.142. The van der Waals surface area contributed by atoms with Crippen LogP contribution in [0.5, 0.6) is 0 Å². The van der Waals surface area contributed by atoms with Crippen molar-refractivity contribution in [1.82, 2.24) is 10.2 Å². The van der Waals surface area contributed by atoms with Crippen LogP contribution in [0, 0.1) is 0 Å². The first kappa shape index (κ1) is 18.5. The smallest absolute Gasteiger partial charge is 0.322 e. The molecule has 2 aliphatic rings. The average Bonchev–Trinajstić information content (AvgIpc) is 3.07. The maximum absolute atomic E-state index is 12.6. The largest absolute Gasteiger partial charge is 0.480 e. The molecule has 2 N–H and O–H groups in total. The van der Waals surface area contributed by atoms with Crippen molar-refractivity contribution < 1.29 is 19.5 Å². The number of halogens is 1. The second kappa shape index (κ2) is 7.28. The number of rotatable bonds is 4. The number of nitrogens with zero attached hydrogens (tertiary/aromatic N) is 1. The Morgan fingerprint density at radius 2 is 1.86 bits per heavy atom. The summed E-state index contributed by atoms with van der Waals surface area (Å²) >= 11 is 5.97. The zero-order chi connectivity index (χ0) is 19.8. The van der Waals surface area contributed by atoms with E-state index < -0.39 is 24.5 Å². The molecule has 0 unspecified atom stereocenters. The molecule has 2 amide bonds. The van der Waals surface area contributed by atoms with Gasteiger partial charge in [0.05, 0.1) is 6.04 Å². The highest BCUT2D eigenvalue weighted by molar-refractivity contribution is 6.30. The monoisotopic (exact) mass is 398 g/mol. The van der Waals surface area contributed by atoms with Crippen LogP contribution in [0.2, 0.25) is 5.02 Å². The van der Waals surface area contributed by atoms with Crippen molar-refractivity contribution in [1.29, 1.82) is 0 Å². The standard InChI is InChI=1S/C21H19ClN2O4/c22-15-4-1-12(2-5-15)13-3-6-16-14(9-13)10-18(21(28)23-11-20(26)27)24-17(16)7-8-19(24)25/h1-6,9,17-18H,7-8,10-11H2,(H,23,28)(H,26,27)/t17-,18+/m1/s1. The molecule has 2 aliphatic heterocycles. The van der Waals surface area contributed by atoms with E-state index in [9.17, 15) is 14.4 Å². The van der Waals surface area contributed by atoms with E-state index in [0.717, 1.165) is 22.3 Å². The van der Waals surface area contributed by atoms with Gasteiger partial charge >= 0.3 is 5.97 Å². The minimum absolute atomic E-state index is 0.0621. The molecule has 0 spiro atoms. The van der Waals surface area contributed by atoms with Crippen LogP contribution in [0.15, 0.2) is 42.5 Å². The lowest BCUT2D eigenvalue weighted by Crippen LogP contribution is -2.52. The van der Waals surface area contributed by atoms with Gasteiger partial charge in [-0.3, -0.25) is 14.4 Å². The van der Waals surface area contributed by atoms with Gasteiger partial charge in [-0.1, -0.05) is 41.9 Å². The number of carboxylic acids is 1. The summed E-state index contributed by atoms with van der Waals surface area (Å²) in [5, 5.41) is 11.9. The fourth-order valence-corrected chi connectivity index (χ4v) is 4.26. The van der Waals surface area contributed by atoms with Crippen molar-refractivity contribution in [3.05, 3.63) is 58.6 Å². The number of fused-ring (bicyclic) bond motifs is 3. The number of hydrogen-bond acceptors (Lipinski definition) is 3. The van der Waals surface area contributed by atoms with Gasteiger partial charge in [0.25, 0.3) is 0 Å². The van der Waals surface area contributed by atoms with Crippen molar-refractivity contribution in [2.45, 2.75) is 31.3 Å². The van der Waals surface area contributed by atoms with Gasteiger partial charge in [-0.25, -0.2) is 0 Å². The van der Waals surface area contributed by atoms with Crippen LogP contribution in [0.25, 0.3) is 11.1 Å². The molecule has 7 heteroatoms. The second-order valence-electron chi connectivity index (χ2n) is 7.11. The summed E-state index contributed by atoms with van der Waals surface area (Å²) in [5.74, 6) is -1.60. The van der Waals surface area contributed by atoms with Gasteiger partial charge in [0.15, 0.2) is 0 Å². The van der Waals surface area contributed by atoms with E-state index in [1.54, 1.807) is 4.90 Å². The van der Waals surface area contributed by atoms with E-state index in [1.165, 1.54) is 0 Å². The van der Waals surface area contributed by atoms with Crippen molar-refractivity contribution in [3.8, 4) is 11.1 Å². The van der Waals surface area contributed by atoms with Crippen molar-refractivity contribution in [2.24, 2.45) is 0 Å². The number of carboxylic acid groups (broad SMARTS) is 1. The lowest BCUT2D eigenvalue weighted by Gasteiger charge is -2.38. The summed E-state index contributed by atoms with van der Waals surface area (Å²) in [6.07, 6.45) is 1.42. The van der Waals surface area contributed by atoms with Gasteiger partial charge in [-0.05, 0) is 40.8 Å². The van der Waals surface area contributed by atoms with Gasteiger partial charge in [-0.2, -0.15) is 0 Å². The van der Waals surface area contributed by atoms with Crippen LogP contribution < -0.4 is 5.32 Å². The fourth-order valence-electron chi connectivity index (χ4n) is 4.13. The predicted molar refractivity (Wildman–Crippen MR) is 104 cm³/mol. The first-order valence-corrected chi connectivity index (χ1v) is 9.51. The Morgan fingerprint density at radius 1 is 1.14 bits per heavy atom. The topological polar surface area (TPSA) is 86.7 Å². The van der Waals surface area contributed by atoms with Crippen LogP contribution in [0.4, 0.5) is 0 Å². The van der Waals surface area contributed by atoms with Crippen LogP contribution in [-0.2, 0) is 20.8 Å². The van der Waals surface area contributed by atoms with Gasteiger partial charge < -0.3 is 15.3 Å². The van der Waals surface area contributed by atoms with E-state index in [2.05, 4.69) is 11.4 Å². The Morgan fingerprint density at radius 3 is 2.57 bits per heavy atom. The van der Waals surface area contributed by atoms with Crippen LogP contribution in [-0.4, -0.2) is 40.4 Å². The zero-order valence-electron chi connectivity index (χ0n) is 15.0. The third-order valence-corrected chi connectivity index (χ3v) is 5.65. The number of nitrogens with one attached hydrogen (secondary N) is 1. The number of hydrogen-bond donors (Lipinski definition) is 2. The highest BCUT2D eigenvalue weighted by Crippen LogP contribution is 2.42. The molecule has 2 aromatic carbocycles. The summed E-state index contributed by atoms with van der Waals surface area (Å²) in [7, 11) is 0. The number of aliphatic carboxylic acids is 1. The number of amides is 2. The molecule has 1 saturated heterocycles. The lowest BCUT2D eigenvalue weighted by atomic mass is 9.86. The molecular weight excluding hydrogens is 380 g/mol. The van der Waals surface area contributed by atoms with Crippen molar-refractivity contribution >= 4 is 29.4 Å². The van der Waals surface area contributed by atoms with E-state index in [-0.39, 0.29) is 11.9 Å². The molecule has 2 atom stereocenters. The predicted octanol–water partition coefficient (Wildman–Crippen LogP) is 2.80. The average molecular weight is 399 g/mol. The molecule has 4 rings (SSSR count). The minimum Gasteiger partial charge on any atom is -0.480 e. The molecule has 0 aromatic heterocycles. The van der Waals surface area contributed by atoms with Crippen LogP contribution in [0.1, 0.15) is 30.0 Å². The fraction of sp³-hybridized carbons (Fsp3) is 0.286. The second-order valence-corrected chi connectivity index (χ2v) is 7.54. The third kappa shape index (κ3) is 3.36. The normalized spacial score (nSPS) is 20.5. The van der Waals surface area contributed by atoms with E-state index in [1.807, 2.05) is 36.4 Å². The van der Waals surface area contributed by atoms with E-state index in [4.69, 9.17) is 16.7 Å². The number of benzene rings is 2. The molecule has 6 nitrogen and oxygen atoms in total. The van der Waals surface area contributed by atoms with E-state index >= 15 is 0 Å². The Kier molecular flexibility index (Phi) is 4.81. The quantitative estimate of drug-likeness (QED) is 0.829. The first-order chi connectivity index (χ1) is 13.4. The van der Waals surface area contributed by atoms with Gasteiger partial charge in [0.2, 0.25) is 11.8 Å². The molecule has 2 heterocycles. The Balaban J connectivity index is 1.68. The summed E-state index contributed by atoms with van der Waals surface area (Å²) in [4.78, 5) is 37.4. The molecular formula is C21H19ClN2O4. The molecule has 0 aliphatic carbocycles. The molecule has 144 valence electrons.